The first-order chi connectivity index (χ1) is 6.36. The van der Waals surface area contributed by atoms with Crippen molar-refractivity contribution < 1.29 is 4.74 Å². The van der Waals surface area contributed by atoms with E-state index in [-0.39, 0.29) is 0 Å². The Kier molecular flexibility index (Phi) is 5.14. The van der Waals surface area contributed by atoms with Gasteiger partial charge in [-0.25, -0.2) is 0 Å². The van der Waals surface area contributed by atoms with Gasteiger partial charge in [-0.1, -0.05) is 39.2 Å². The van der Waals surface area contributed by atoms with E-state index in [1.165, 1.54) is 37.7 Å². The monoisotopic (exact) mass is 182 g/mol. The highest BCUT2D eigenvalue weighted by Gasteiger charge is 2.13. The van der Waals surface area contributed by atoms with Crippen LogP contribution < -0.4 is 0 Å². The normalized spacial score (nSPS) is 22.0. The third-order valence-corrected chi connectivity index (χ3v) is 2.66. The fourth-order valence-corrected chi connectivity index (χ4v) is 1.74. The summed E-state index contributed by atoms with van der Waals surface area (Å²) in [6, 6.07) is 0. The lowest BCUT2D eigenvalue weighted by Crippen LogP contribution is -2.00. The first-order valence-corrected chi connectivity index (χ1v) is 5.68. The molecule has 1 aliphatic rings. The largest absolute Gasteiger partial charge is 0.370 e. The van der Waals surface area contributed by atoms with Crippen LogP contribution in [0.3, 0.4) is 0 Å². The number of hydrogen-bond donors (Lipinski definition) is 0. The van der Waals surface area contributed by atoms with Gasteiger partial charge in [0.25, 0.3) is 0 Å². The van der Waals surface area contributed by atoms with Crippen molar-refractivity contribution in [3.8, 4) is 0 Å². The van der Waals surface area contributed by atoms with Gasteiger partial charge in [0.15, 0.2) is 0 Å². The number of hydrogen-bond acceptors (Lipinski definition) is 1. The predicted molar refractivity (Wildman–Crippen MR) is 56.9 cm³/mol. The van der Waals surface area contributed by atoms with Gasteiger partial charge in [0, 0.05) is 0 Å². The van der Waals surface area contributed by atoms with E-state index in [4.69, 9.17) is 4.74 Å². The molecule has 0 fully saturated rings. The summed E-state index contributed by atoms with van der Waals surface area (Å²) in [5.74, 6) is 0. The second-order valence-corrected chi connectivity index (χ2v) is 3.89. The highest BCUT2D eigenvalue weighted by molar-refractivity contribution is 5.10. The maximum Gasteiger partial charge on any atom is 0.0761 e. The van der Waals surface area contributed by atoms with E-state index >= 15 is 0 Å². The zero-order valence-corrected chi connectivity index (χ0v) is 9.01. The van der Waals surface area contributed by atoms with Crippen LogP contribution in [0.25, 0.3) is 0 Å². The molecule has 0 aromatic rings. The summed E-state index contributed by atoms with van der Waals surface area (Å²) in [7, 11) is 0. The highest BCUT2D eigenvalue weighted by atomic mass is 16.5. The summed E-state index contributed by atoms with van der Waals surface area (Å²) in [5, 5.41) is 0. The Bertz CT molecular complexity index is 161. The molecule has 1 heteroatoms. The minimum Gasteiger partial charge on any atom is -0.370 e. The molecule has 13 heavy (non-hydrogen) atoms. The van der Waals surface area contributed by atoms with Crippen LogP contribution in [0.15, 0.2) is 11.6 Å². The average Bonchev–Trinajstić information content (AvgIpc) is 2.60. The number of unbranched alkanes of at least 4 members (excludes halogenated alkanes) is 3. The van der Waals surface area contributed by atoms with Crippen LogP contribution in [0.2, 0.25) is 0 Å². The number of ether oxygens (including phenoxy) is 1. The minimum atomic E-state index is 0.418. The summed E-state index contributed by atoms with van der Waals surface area (Å²) < 4.78 is 5.58. The first-order valence-electron chi connectivity index (χ1n) is 5.68. The van der Waals surface area contributed by atoms with Crippen LogP contribution in [0, 0.1) is 0 Å². The zero-order valence-electron chi connectivity index (χ0n) is 9.01. The standard InChI is InChI=1S/C12H22O/c1-3-5-6-7-8-11-9-12(4-2)13-10-11/h9,12H,3-8,10H2,1-2H3. The van der Waals surface area contributed by atoms with Crippen LogP contribution >= 0.6 is 0 Å². The lowest BCUT2D eigenvalue weighted by atomic mass is 10.1. The SMILES string of the molecule is CCCCCCC1=CC(CC)OC1. The van der Waals surface area contributed by atoms with Gasteiger partial charge >= 0.3 is 0 Å². The summed E-state index contributed by atoms with van der Waals surface area (Å²) in [5.41, 5.74) is 1.53. The molecule has 0 aliphatic carbocycles. The molecule has 0 bridgehead atoms. The Balaban J connectivity index is 2.08. The van der Waals surface area contributed by atoms with Gasteiger partial charge < -0.3 is 4.74 Å². The molecule has 0 aromatic heterocycles. The van der Waals surface area contributed by atoms with Gasteiger partial charge in [0.05, 0.1) is 12.7 Å². The second kappa shape index (κ2) is 6.20. The second-order valence-electron chi connectivity index (χ2n) is 3.89. The molecular formula is C12H22O. The van der Waals surface area contributed by atoms with Crippen molar-refractivity contribution in [1.29, 1.82) is 0 Å². The van der Waals surface area contributed by atoms with Crippen molar-refractivity contribution in [3.05, 3.63) is 11.6 Å². The number of rotatable bonds is 6. The highest BCUT2D eigenvalue weighted by Crippen LogP contribution is 2.19. The molecule has 0 amide bonds. The Hall–Kier alpha value is -0.300. The fourth-order valence-electron chi connectivity index (χ4n) is 1.74. The molecule has 0 radical (unpaired) electrons. The first kappa shape index (κ1) is 10.8. The van der Waals surface area contributed by atoms with Crippen molar-refractivity contribution >= 4 is 0 Å². The average molecular weight is 182 g/mol. The topological polar surface area (TPSA) is 9.23 Å². The van der Waals surface area contributed by atoms with Crippen LogP contribution in [0.4, 0.5) is 0 Å². The lowest BCUT2D eigenvalue weighted by molar-refractivity contribution is 0.122. The van der Waals surface area contributed by atoms with Gasteiger partial charge in [-0.15, -0.1) is 0 Å². The van der Waals surface area contributed by atoms with Crippen LogP contribution in [-0.2, 0) is 4.74 Å². The maximum atomic E-state index is 5.58. The van der Waals surface area contributed by atoms with Crippen LogP contribution in [-0.4, -0.2) is 12.7 Å². The maximum absolute atomic E-state index is 5.58. The van der Waals surface area contributed by atoms with E-state index in [0.717, 1.165) is 13.0 Å². The molecule has 0 saturated heterocycles. The van der Waals surface area contributed by atoms with E-state index in [1.807, 2.05) is 0 Å². The summed E-state index contributed by atoms with van der Waals surface area (Å²) in [4.78, 5) is 0. The van der Waals surface area contributed by atoms with Crippen LogP contribution in [0.1, 0.15) is 52.4 Å². The van der Waals surface area contributed by atoms with Gasteiger partial charge in [-0.3, -0.25) is 0 Å². The quantitative estimate of drug-likeness (QED) is 0.449. The van der Waals surface area contributed by atoms with Crippen molar-refractivity contribution in [2.75, 3.05) is 6.61 Å². The zero-order chi connectivity index (χ0) is 9.52. The molecule has 0 aromatic carbocycles. The Morgan fingerprint density at radius 1 is 1.31 bits per heavy atom. The minimum absolute atomic E-state index is 0.418. The molecule has 0 spiro atoms. The fraction of sp³-hybridized carbons (Fsp3) is 0.833. The van der Waals surface area contributed by atoms with E-state index in [2.05, 4.69) is 19.9 Å². The van der Waals surface area contributed by atoms with Crippen molar-refractivity contribution in [2.24, 2.45) is 0 Å². The van der Waals surface area contributed by atoms with Gasteiger partial charge in [-0.05, 0) is 24.8 Å². The third kappa shape index (κ3) is 3.95. The molecule has 1 nitrogen and oxygen atoms in total. The molecule has 1 atom stereocenters. The molecule has 1 aliphatic heterocycles. The van der Waals surface area contributed by atoms with Crippen molar-refractivity contribution in [1.82, 2.24) is 0 Å². The smallest absolute Gasteiger partial charge is 0.0761 e. The third-order valence-electron chi connectivity index (χ3n) is 2.66. The summed E-state index contributed by atoms with van der Waals surface area (Å²) in [6.07, 6.45) is 10.6. The molecule has 1 rings (SSSR count). The molecule has 0 saturated carbocycles. The Morgan fingerprint density at radius 3 is 2.77 bits per heavy atom. The van der Waals surface area contributed by atoms with Gasteiger partial charge in [0.1, 0.15) is 0 Å². The lowest BCUT2D eigenvalue weighted by Gasteiger charge is -2.01. The molecular weight excluding hydrogens is 160 g/mol. The summed E-state index contributed by atoms with van der Waals surface area (Å²) >= 11 is 0. The summed E-state index contributed by atoms with van der Waals surface area (Å²) in [6.45, 7) is 5.33. The molecule has 1 unspecified atom stereocenters. The van der Waals surface area contributed by atoms with Crippen LogP contribution in [0.5, 0.6) is 0 Å². The molecule has 76 valence electrons. The van der Waals surface area contributed by atoms with E-state index in [1.54, 1.807) is 0 Å². The van der Waals surface area contributed by atoms with E-state index in [9.17, 15) is 0 Å². The molecule has 0 N–H and O–H groups in total. The molecule has 1 heterocycles. The Morgan fingerprint density at radius 2 is 2.15 bits per heavy atom. The van der Waals surface area contributed by atoms with Gasteiger partial charge in [-0.2, -0.15) is 0 Å². The van der Waals surface area contributed by atoms with Gasteiger partial charge in [0.2, 0.25) is 0 Å². The van der Waals surface area contributed by atoms with E-state index < -0.39 is 0 Å². The van der Waals surface area contributed by atoms with Crippen molar-refractivity contribution in [3.63, 3.8) is 0 Å². The predicted octanol–water partition coefficient (Wildman–Crippen LogP) is 3.69. The Labute approximate surface area is 82.2 Å². The van der Waals surface area contributed by atoms with E-state index in [0.29, 0.717) is 6.10 Å². The van der Waals surface area contributed by atoms with Crippen molar-refractivity contribution in [2.45, 2.75) is 58.5 Å².